The first-order chi connectivity index (χ1) is 8.33. The van der Waals surface area contributed by atoms with Crippen molar-refractivity contribution in [2.24, 2.45) is 0 Å². The van der Waals surface area contributed by atoms with E-state index in [9.17, 15) is 10.0 Å². The zero-order valence-electron chi connectivity index (χ0n) is 11.1. The topological polar surface area (TPSA) is 53.1 Å². The Labute approximate surface area is 107 Å². The first-order valence-electron chi connectivity index (χ1n) is 5.91. The number of hydrogen-bond acceptors (Lipinski definition) is 3. The van der Waals surface area contributed by atoms with Crippen molar-refractivity contribution in [3.8, 4) is 0 Å². The highest BCUT2D eigenvalue weighted by atomic mass is 16.5. The lowest BCUT2D eigenvalue weighted by molar-refractivity contribution is -0.236. The van der Waals surface area contributed by atoms with Crippen LogP contribution in [0.2, 0.25) is 0 Å². The molecule has 4 nitrogen and oxygen atoms in total. The summed E-state index contributed by atoms with van der Waals surface area (Å²) in [7, 11) is 0. The number of carbonyl (C=O) groups is 1. The molecule has 0 aromatic carbocycles. The fraction of sp³-hybridized carbons (Fsp3) is 0.429. The Morgan fingerprint density at radius 3 is 2.39 bits per heavy atom. The zero-order chi connectivity index (χ0) is 13.6. The summed E-state index contributed by atoms with van der Waals surface area (Å²) in [6.07, 6.45) is 4.16. The van der Waals surface area contributed by atoms with Gasteiger partial charge in [-0.1, -0.05) is 6.07 Å². The number of hydroxylamine groups is 2. The summed E-state index contributed by atoms with van der Waals surface area (Å²) in [5.74, 6) is 0. The van der Waals surface area contributed by atoms with Crippen molar-refractivity contribution in [3.05, 3.63) is 35.7 Å². The van der Waals surface area contributed by atoms with Crippen molar-refractivity contribution in [1.29, 1.82) is 0 Å². The molecule has 1 aliphatic heterocycles. The van der Waals surface area contributed by atoms with Gasteiger partial charge in [0.15, 0.2) is 0 Å². The quantitative estimate of drug-likeness (QED) is 0.751. The first kappa shape index (κ1) is 12.9. The average molecular weight is 245 g/mol. The van der Waals surface area contributed by atoms with Gasteiger partial charge in [-0.3, -0.25) is 9.78 Å². The van der Waals surface area contributed by atoms with Gasteiger partial charge in [-0.15, -0.1) is 10.3 Å². The minimum absolute atomic E-state index is 0.538. The maximum absolute atomic E-state index is 12.4. The van der Waals surface area contributed by atoms with E-state index in [4.69, 9.17) is 0 Å². The summed E-state index contributed by atoms with van der Waals surface area (Å²) in [6.45, 7) is 7.21. The summed E-state index contributed by atoms with van der Waals surface area (Å²) in [4.78, 5) is 15.5. The number of pyridine rings is 1. The van der Waals surface area contributed by atoms with Gasteiger partial charge in [0.05, 0.1) is 11.1 Å². The van der Waals surface area contributed by atoms with Crippen LogP contribution in [0.25, 0.3) is 5.57 Å². The normalized spacial score (nSPS) is 22.3. The summed E-state index contributed by atoms with van der Waals surface area (Å²) in [6, 6.07) is 3.68. The van der Waals surface area contributed by atoms with Crippen molar-refractivity contribution in [2.75, 3.05) is 0 Å². The lowest BCUT2D eigenvalue weighted by Crippen LogP contribution is -2.47. The molecule has 0 N–H and O–H groups in total. The molecule has 0 fully saturated rings. The van der Waals surface area contributed by atoms with E-state index in [0.29, 0.717) is 5.57 Å². The maximum Gasteiger partial charge on any atom is 0.148 e. The molecule has 1 aromatic heterocycles. The summed E-state index contributed by atoms with van der Waals surface area (Å²) < 4.78 is 0. The highest BCUT2D eigenvalue weighted by Gasteiger charge is 2.52. The predicted molar refractivity (Wildman–Crippen MR) is 67.9 cm³/mol. The standard InChI is InChI=1S/C14H17N2O2/c1-13(2)11(9-17)12(14(3,4)16(13)18)10-6-5-7-15-8-10/h5-9H,1-4H3. The monoisotopic (exact) mass is 245 g/mol. The molecular formula is C14H17N2O2. The second-order valence-corrected chi connectivity index (χ2v) is 5.56. The second-order valence-electron chi connectivity index (χ2n) is 5.56. The van der Waals surface area contributed by atoms with Gasteiger partial charge in [0.2, 0.25) is 0 Å². The summed E-state index contributed by atoms with van der Waals surface area (Å²) >= 11 is 0. The first-order valence-corrected chi connectivity index (χ1v) is 5.91. The maximum atomic E-state index is 12.4. The van der Waals surface area contributed by atoms with Crippen molar-refractivity contribution >= 4 is 11.9 Å². The van der Waals surface area contributed by atoms with Crippen LogP contribution in [0, 0.1) is 0 Å². The van der Waals surface area contributed by atoms with E-state index in [-0.39, 0.29) is 0 Å². The van der Waals surface area contributed by atoms with Gasteiger partial charge in [0, 0.05) is 18.0 Å². The number of rotatable bonds is 2. The van der Waals surface area contributed by atoms with Crippen LogP contribution in [0.3, 0.4) is 0 Å². The van der Waals surface area contributed by atoms with Gasteiger partial charge >= 0.3 is 0 Å². The van der Waals surface area contributed by atoms with Crippen LogP contribution in [0.4, 0.5) is 0 Å². The fourth-order valence-electron chi connectivity index (χ4n) is 2.77. The highest BCUT2D eigenvalue weighted by molar-refractivity contribution is 5.95. The van der Waals surface area contributed by atoms with Crippen LogP contribution in [-0.2, 0) is 10.0 Å². The van der Waals surface area contributed by atoms with Crippen molar-refractivity contribution in [3.63, 3.8) is 0 Å². The predicted octanol–water partition coefficient (Wildman–Crippen LogP) is 2.25. The van der Waals surface area contributed by atoms with Gasteiger partial charge in [-0.2, -0.15) is 0 Å². The molecule has 0 spiro atoms. The Hall–Kier alpha value is -1.52. The number of hydrogen-bond donors (Lipinski definition) is 0. The molecule has 1 aromatic rings. The molecular weight excluding hydrogens is 228 g/mol. The summed E-state index contributed by atoms with van der Waals surface area (Å²) in [5.41, 5.74) is 0.594. The minimum Gasteiger partial charge on any atom is -0.298 e. The molecule has 1 aliphatic rings. The average Bonchev–Trinajstić information content (AvgIpc) is 2.47. The number of aromatic nitrogens is 1. The van der Waals surface area contributed by atoms with E-state index in [1.54, 1.807) is 32.3 Å². The lowest BCUT2D eigenvalue weighted by atomic mass is 9.87. The third-order valence-electron chi connectivity index (χ3n) is 3.62. The SMILES string of the molecule is CC1(C)C(C=O)=C(c2cccnc2)C(C)(C)N1[O]. The van der Waals surface area contributed by atoms with E-state index in [1.807, 2.05) is 19.9 Å². The van der Waals surface area contributed by atoms with Crippen molar-refractivity contribution in [2.45, 2.75) is 38.8 Å². The van der Waals surface area contributed by atoms with Gasteiger partial charge in [-0.25, -0.2) is 0 Å². The Morgan fingerprint density at radius 2 is 1.89 bits per heavy atom. The molecule has 0 atom stereocenters. The van der Waals surface area contributed by atoms with Crippen molar-refractivity contribution < 1.29 is 10.0 Å². The van der Waals surface area contributed by atoms with Crippen LogP contribution in [0.5, 0.6) is 0 Å². The summed E-state index contributed by atoms with van der Waals surface area (Å²) in [5, 5.41) is 13.4. The fourth-order valence-corrected chi connectivity index (χ4v) is 2.77. The Kier molecular flexibility index (Phi) is 2.87. The lowest BCUT2D eigenvalue weighted by Gasteiger charge is -2.34. The number of aldehydes is 1. The molecule has 2 heterocycles. The van der Waals surface area contributed by atoms with Gasteiger partial charge < -0.3 is 0 Å². The molecule has 0 aliphatic carbocycles. The van der Waals surface area contributed by atoms with Gasteiger partial charge in [0.25, 0.3) is 0 Å². The Bertz CT molecular complexity index is 504. The third kappa shape index (κ3) is 1.61. The molecule has 0 bridgehead atoms. The molecule has 95 valence electrons. The van der Waals surface area contributed by atoms with E-state index in [2.05, 4.69) is 4.98 Å². The van der Waals surface area contributed by atoms with E-state index in [0.717, 1.165) is 22.5 Å². The molecule has 4 heteroatoms. The molecule has 0 saturated carbocycles. The van der Waals surface area contributed by atoms with Crippen molar-refractivity contribution in [1.82, 2.24) is 10.0 Å². The number of nitrogens with zero attached hydrogens (tertiary/aromatic N) is 2. The number of carbonyl (C=O) groups excluding carboxylic acids is 1. The van der Waals surface area contributed by atoms with E-state index < -0.39 is 11.1 Å². The second kappa shape index (κ2) is 4.00. The van der Waals surface area contributed by atoms with Crippen LogP contribution in [0.1, 0.15) is 33.3 Å². The Morgan fingerprint density at radius 1 is 1.22 bits per heavy atom. The third-order valence-corrected chi connectivity index (χ3v) is 3.62. The minimum atomic E-state index is -0.809. The van der Waals surface area contributed by atoms with Crippen LogP contribution < -0.4 is 0 Å². The zero-order valence-corrected chi connectivity index (χ0v) is 11.1. The molecule has 18 heavy (non-hydrogen) atoms. The smallest absolute Gasteiger partial charge is 0.148 e. The van der Waals surface area contributed by atoms with E-state index in [1.165, 1.54) is 0 Å². The van der Waals surface area contributed by atoms with Crippen LogP contribution in [0.15, 0.2) is 30.1 Å². The molecule has 0 saturated heterocycles. The molecule has 2 rings (SSSR count). The molecule has 0 unspecified atom stereocenters. The van der Waals surface area contributed by atoms with Gasteiger partial charge in [0.1, 0.15) is 6.29 Å². The highest BCUT2D eigenvalue weighted by Crippen LogP contribution is 2.47. The molecule has 1 radical (unpaired) electrons. The molecule has 0 amide bonds. The van der Waals surface area contributed by atoms with Gasteiger partial charge in [-0.05, 0) is 44.9 Å². The van der Waals surface area contributed by atoms with Crippen LogP contribution in [-0.4, -0.2) is 27.4 Å². The van der Waals surface area contributed by atoms with E-state index >= 15 is 0 Å². The Balaban J connectivity index is 2.71. The van der Waals surface area contributed by atoms with Crippen LogP contribution >= 0.6 is 0 Å². The largest absolute Gasteiger partial charge is 0.298 e.